The molecule has 1 saturated heterocycles. The lowest BCUT2D eigenvalue weighted by atomic mass is 9.97. The van der Waals surface area contributed by atoms with Gasteiger partial charge in [-0.1, -0.05) is 0 Å². The van der Waals surface area contributed by atoms with Crippen molar-refractivity contribution in [2.75, 3.05) is 25.1 Å². The average Bonchev–Trinajstić information content (AvgIpc) is 2.41. The minimum atomic E-state index is -0.483. The smallest absolute Gasteiger partial charge is 0.308 e. The van der Waals surface area contributed by atoms with E-state index in [9.17, 15) is 9.18 Å². The van der Waals surface area contributed by atoms with Crippen LogP contribution in [-0.4, -0.2) is 36.1 Å². The van der Waals surface area contributed by atoms with Crippen molar-refractivity contribution in [3.8, 4) is 0 Å². The number of aromatic nitrogens is 2. The van der Waals surface area contributed by atoms with Crippen LogP contribution < -0.4 is 4.90 Å². The second-order valence-corrected chi connectivity index (χ2v) is 4.84. The Bertz CT molecular complexity index is 450. The molecule has 2 heterocycles. The number of carbonyl (C=O) groups excluding carboxylic acids is 1. The van der Waals surface area contributed by atoms with Gasteiger partial charge in [-0.05, 0) is 28.8 Å². The van der Waals surface area contributed by atoms with Gasteiger partial charge in [0.2, 0.25) is 5.95 Å². The molecule has 0 aromatic carbocycles. The second kappa shape index (κ2) is 5.60. The Labute approximate surface area is 112 Å². The fourth-order valence-electron chi connectivity index (χ4n) is 1.97. The standard InChI is InChI=1S/C11H13BrFN3O2/c1-18-10(17)7-2-4-16(5-3-7)11-14-6-8(13)9(12)15-11/h6-7H,2-5H2,1H3. The third kappa shape index (κ3) is 2.77. The fraction of sp³-hybridized carbons (Fsp3) is 0.545. The highest BCUT2D eigenvalue weighted by molar-refractivity contribution is 9.10. The van der Waals surface area contributed by atoms with Crippen LogP contribution in [0, 0.1) is 11.7 Å². The van der Waals surface area contributed by atoms with Crippen LogP contribution in [0.25, 0.3) is 0 Å². The molecule has 0 amide bonds. The highest BCUT2D eigenvalue weighted by atomic mass is 79.9. The van der Waals surface area contributed by atoms with Gasteiger partial charge < -0.3 is 9.64 Å². The predicted octanol–water partition coefficient (Wildman–Crippen LogP) is 1.77. The number of nitrogens with zero attached hydrogens (tertiary/aromatic N) is 3. The summed E-state index contributed by atoms with van der Waals surface area (Å²) in [7, 11) is 1.40. The molecule has 1 aromatic rings. The molecule has 0 radical (unpaired) electrons. The van der Waals surface area contributed by atoms with E-state index in [1.165, 1.54) is 7.11 Å². The van der Waals surface area contributed by atoms with Crippen LogP contribution in [0.4, 0.5) is 10.3 Å². The summed E-state index contributed by atoms with van der Waals surface area (Å²) in [5, 5.41) is 0. The lowest BCUT2D eigenvalue weighted by Crippen LogP contribution is -2.37. The van der Waals surface area contributed by atoms with Gasteiger partial charge in [-0.2, -0.15) is 0 Å². The number of piperidine rings is 1. The summed E-state index contributed by atoms with van der Waals surface area (Å²) >= 11 is 3.03. The molecular formula is C11H13BrFN3O2. The number of methoxy groups -OCH3 is 1. The fourth-order valence-corrected chi connectivity index (χ4v) is 2.23. The molecular weight excluding hydrogens is 305 g/mol. The van der Waals surface area contributed by atoms with E-state index in [0.717, 1.165) is 6.20 Å². The Morgan fingerprint density at radius 3 is 2.78 bits per heavy atom. The normalized spacial score (nSPS) is 16.7. The molecule has 0 N–H and O–H groups in total. The summed E-state index contributed by atoms with van der Waals surface area (Å²) in [5.74, 6) is -0.235. The van der Waals surface area contributed by atoms with Crippen molar-refractivity contribution in [3.05, 3.63) is 16.6 Å². The zero-order valence-electron chi connectivity index (χ0n) is 9.90. The molecule has 0 saturated carbocycles. The Morgan fingerprint density at radius 2 is 2.22 bits per heavy atom. The van der Waals surface area contributed by atoms with E-state index in [4.69, 9.17) is 4.74 Å². The molecule has 1 aliphatic heterocycles. The third-order valence-corrected chi connectivity index (χ3v) is 3.56. The molecule has 1 aliphatic rings. The number of esters is 1. The summed E-state index contributed by atoms with van der Waals surface area (Å²) in [6, 6.07) is 0. The van der Waals surface area contributed by atoms with Gasteiger partial charge in [0.1, 0.15) is 4.60 Å². The van der Waals surface area contributed by atoms with Crippen LogP contribution >= 0.6 is 15.9 Å². The first-order valence-corrected chi connectivity index (χ1v) is 6.42. The van der Waals surface area contributed by atoms with E-state index in [0.29, 0.717) is 31.9 Å². The van der Waals surface area contributed by atoms with Crippen LogP contribution in [0.1, 0.15) is 12.8 Å². The summed E-state index contributed by atoms with van der Waals surface area (Å²) in [6.07, 6.45) is 2.54. The zero-order valence-corrected chi connectivity index (χ0v) is 11.5. The Kier molecular flexibility index (Phi) is 4.11. The first kappa shape index (κ1) is 13.2. The van der Waals surface area contributed by atoms with E-state index < -0.39 is 5.82 Å². The molecule has 18 heavy (non-hydrogen) atoms. The maximum Gasteiger partial charge on any atom is 0.308 e. The van der Waals surface area contributed by atoms with Crippen molar-refractivity contribution < 1.29 is 13.9 Å². The van der Waals surface area contributed by atoms with Gasteiger partial charge in [-0.3, -0.25) is 4.79 Å². The monoisotopic (exact) mass is 317 g/mol. The molecule has 7 heteroatoms. The molecule has 1 fully saturated rings. The number of hydrogen-bond acceptors (Lipinski definition) is 5. The van der Waals surface area contributed by atoms with Crippen molar-refractivity contribution in [2.45, 2.75) is 12.8 Å². The number of ether oxygens (including phenoxy) is 1. The number of hydrogen-bond donors (Lipinski definition) is 0. The first-order chi connectivity index (χ1) is 8.61. The van der Waals surface area contributed by atoms with Crippen LogP contribution in [0.2, 0.25) is 0 Å². The Balaban J connectivity index is 2.01. The van der Waals surface area contributed by atoms with E-state index in [1.54, 1.807) is 0 Å². The zero-order chi connectivity index (χ0) is 13.1. The van der Waals surface area contributed by atoms with E-state index in [-0.39, 0.29) is 16.5 Å². The minimum Gasteiger partial charge on any atom is -0.469 e. The average molecular weight is 318 g/mol. The van der Waals surface area contributed by atoms with Gasteiger partial charge >= 0.3 is 5.97 Å². The van der Waals surface area contributed by atoms with Gasteiger partial charge in [0.05, 0.1) is 19.2 Å². The molecule has 5 nitrogen and oxygen atoms in total. The molecule has 1 aromatic heterocycles. The van der Waals surface area contributed by atoms with Gasteiger partial charge in [-0.25, -0.2) is 14.4 Å². The molecule has 2 rings (SSSR count). The minimum absolute atomic E-state index is 0.0601. The summed E-state index contributed by atoms with van der Waals surface area (Å²) < 4.78 is 17.9. The Hall–Kier alpha value is -1.24. The predicted molar refractivity (Wildman–Crippen MR) is 66.6 cm³/mol. The van der Waals surface area contributed by atoms with E-state index in [1.807, 2.05) is 4.90 Å². The number of rotatable bonds is 2. The molecule has 0 bridgehead atoms. The van der Waals surface area contributed by atoms with Gasteiger partial charge in [0.15, 0.2) is 5.82 Å². The first-order valence-electron chi connectivity index (χ1n) is 5.62. The van der Waals surface area contributed by atoms with Crippen LogP contribution in [0.15, 0.2) is 10.8 Å². The van der Waals surface area contributed by atoms with Crippen molar-refractivity contribution in [3.63, 3.8) is 0 Å². The second-order valence-electron chi connectivity index (χ2n) is 4.09. The molecule has 0 aliphatic carbocycles. The van der Waals surface area contributed by atoms with Gasteiger partial charge in [-0.15, -0.1) is 0 Å². The number of halogens is 2. The highest BCUT2D eigenvalue weighted by Gasteiger charge is 2.26. The topological polar surface area (TPSA) is 55.3 Å². The lowest BCUT2D eigenvalue weighted by molar-refractivity contribution is -0.146. The number of anilines is 1. The highest BCUT2D eigenvalue weighted by Crippen LogP contribution is 2.23. The maximum absolute atomic E-state index is 13.0. The summed E-state index contributed by atoms with van der Waals surface area (Å²) in [5.41, 5.74) is 0. The number of carbonyl (C=O) groups is 1. The van der Waals surface area contributed by atoms with Crippen molar-refractivity contribution in [1.82, 2.24) is 9.97 Å². The van der Waals surface area contributed by atoms with Crippen LogP contribution in [-0.2, 0) is 9.53 Å². The van der Waals surface area contributed by atoms with Gasteiger partial charge in [0, 0.05) is 13.1 Å². The maximum atomic E-state index is 13.0. The van der Waals surface area contributed by atoms with E-state index >= 15 is 0 Å². The SMILES string of the molecule is COC(=O)C1CCN(c2ncc(F)c(Br)n2)CC1. The molecule has 0 spiro atoms. The van der Waals surface area contributed by atoms with Crippen LogP contribution in [0.5, 0.6) is 0 Å². The largest absolute Gasteiger partial charge is 0.469 e. The van der Waals surface area contributed by atoms with Crippen molar-refractivity contribution in [1.29, 1.82) is 0 Å². The lowest BCUT2D eigenvalue weighted by Gasteiger charge is -2.30. The third-order valence-electron chi connectivity index (χ3n) is 3.00. The van der Waals surface area contributed by atoms with Gasteiger partial charge in [0.25, 0.3) is 0 Å². The van der Waals surface area contributed by atoms with E-state index in [2.05, 4.69) is 25.9 Å². The summed E-state index contributed by atoms with van der Waals surface area (Å²) in [6.45, 7) is 1.33. The molecule has 0 unspecified atom stereocenters. The summed E-state index contributed by atoms with van der Waals surface area (Å²) in [4.78, 5) is 21.3. The molecule has 98 valence electrons. The Morgan fingerprint density at radius 1 is 1.56 bits per heavy atom. The molecule has 0 atom stereocenters. The van der Waals surface area contributed by atoms with Crippen LogP contribution in [0.3, 0.4) is 0 Å². The quantitative estimate of drug-likeness (QED) is 0.614. The van der Waals surface area contributed by atoms with Crippen molar-refractivity contribution >= 4 is 27.8 Å². The van der Waals surface area contributed by atoms with Crippen molar-refractivity contribution in [2.24, 2.45) is 5.92 Å².